The Kier molecular flexibility index (Phi) is 5.33. The van der Waals surface area contributed by atoms with Crippen LogP contribution < -0.4 is 15.0 Å². The number of hydrogen-bond donors (Lipinski definition) is 1. The molecule has 0 fully saturated rings. The number of unbranched alkanes of at least 4 members (excludes halogenated alkanes) is 1. The lowest BCUT2D eigenvalue weighted by molar-refractivity contribution is -0.119. The summed E-state index contributed by atoms with van der Waals surface area (Å²) in [4.78, 5) is 26.8. The van der Waals surface area contributed by atoms with Gasteiger partial charge in [-0.05, 0) is 73.2 Å². The molecule has 0 atom stereocenters. The van der Waals surface area contributed by atoms with Crippen LogP contribution >= 0.6 is 0 Å². The van der Waals surface area contributed by atoms with E-state index in [1.807, 2.05) is 29.2 Å². The summed E-state index contributed by atoms with van der Waals surface area (Å²) >= 11 is 0. The Hall–Kier alpha value is -2.82. The number of amides is 2. The van der Waals surface area contributed by atoms with Crippen LogP contribution in [0.3, 0.4) is 0 Å². The molecule has 2 amide bonds. The summed E-state index contributed by atoms with van der Waals surface area (Å²) < 4.78 is 5.65. The molecule has 2 aliphatic rings. The number of ether oxygens (including phenoxy) is 1. The molecule has 1 N–H and O–H groups in total. The van der Waals surface area contributed by atoms with Crippen molar-refractivity contribution < 1.29 is 14.3 Å². The Morgan fingerprint density at radius 1 is 1.11 bits per heavy atom. The maximum atomic E-state index is 12.7. The Morgan fingerprint density at radius 2 is 1.86 bits per heavy atom. The topological polar surface area (TPSA) is 58.6 Å². The van der Waals surface area contributed by atoms with E-state index < -0.39 is 0 Å². The molecule has 0 unspecified atom stereocenters. The largest absolute Gasteiger partial charge is 0.494 e. The van der Waals surface area contributed by atoms with E-state index in [0.717, 1.165) is 66.9 Å². The zero-order chi connectivity index (χ0) is 19.5. The highest BCUT2D eigenvalue weighted by molar-refractivity contribution is 6.05. The van der Waals surface area contributed by atoms with Crippen molar-refractivity contribution in [2.75, 3.05) is 23.4 Å². The molecular formula is C23H26N2O3. The van der Waals surface area contributed by atoms with Crippen LogP contribution in [0.5, 0.6) is 5.75 Å². The van der Waals surface area contributed by atoms with E-state index in [-0.39, 0.29) is 11.8 Å². The van der Waals surface area contributed by atoms with Crippen LogP contribution in [0, 0.1) is 0 Å². The summed E-state index contributed by atoms with van der Waals surface area (Å²) in [7, 11) is 0. The molecule has 0 aromatic heterocycles. The summed E-state index contributed by atoms with van der Waals surface area (Å²) in [6, 6.07) is 11.3. The number of aryl methyl sites for hydroxylation is 2. The molecule has 0 saturated carbocycles. The van der Waals surface area contributed by atoms with Gasteiger partial charge in [-0.1, -0.05) is 13.3 Å². The zero-order valence-corrected chi connectivity index (χ0v) is 16.3. The minimum Gasteiger partial charge on any atom is -0.494 e. The molecule has 0 aliphatic carbocycles. The van der Waals surface area contributed by atoms with Gasteiger partial charge in [-0.15, -0.1) is 0 Å². The summed E-state index contributed by atoms with van der Waals surface area (Å²) in [5, 5.41) is 3.02. The maximum Gasteiger partial charge on any atom is 0.255 e. The fourth-order valence-electron chi connectivity index (χ4n) is 3.97. The van der Waals surface area contributed by atoms with Crippen molar-refractivity contribution in [3.8, 4) is 5.75 Å². The van der Waals surface area contributed by atoms with Crippen molar-refractivity contribution in [3.63, 3.8) is 0 Å². The van der Waals surface area contributed by atoms with Gasteiger partial charge < -0.3 is 15.0 Å². The highest BCUT2D eigenvalue weighted by Crippen LogP contribution is 2.38. The first kappa shape index (κ1) is 18.5. The summed E-state index contributed by atoms with van der Waals surface area (Å²) in [6.45, 7) is 3.62. The first-order chi connectivity index (χ1) is 13.7. The van der Waals surface area contributed by atoms with Crippen LogP contribution in [0.4, 0.5) is 11.4 Å². The SMILES string of the molecule is CCCCOc1ccc(C(=O)Nc2cc3c4c(c2)CCC(=O)N4CCC3)cc1. The Labute approximate surface area is 165 Å². The van der Waals surface area contributed by atoms with Crippen molar-refractivity contribution in [1.29, 1.82) is 0 Å². The smallest absolute Gasteiger partial charge is 0.255 e. The third kappa shape index (κ3) is 3.75. The normalized spacial score (nSPS) is 15.2. The van der Waals surface area contributed by atoms with Crippen molar-refractivity contribution in [2.24, 2.45) is 0 Å². The van der Waals surface area contributed by atoms with Crippen LogP contribution in [0.25, 0.3) is 0 Å². The van der Waals surface area contributed by atoms with Gasteiger partial charge in [0.05, 0.1) is 12.3 Å². The number of benzene rings is 2. The first-order valence-corrected chi connectivity index (χ1v) is 10.2. The van der Waals surface area contributed by atoms with E-state index in [1.54, 1.807) is 12.1 Å². The summed E-state index contributed by atoms with van der Waals surface area (Å²) in [6.07, 6.45) is 5.31. The molecule has 2 aromatic rings. The molecular weight excluding hydrogens is 352 g/mol. The van der Waals surface area contributed by atoms with Gasteiger partial charge in [0.25, 0.3) is 5.91 Å². The molecule has 5 heteroatoms. The highest BCUT2D eigenvalue weighted by atomic mass is 16.5. The maximum absolute atomic E-state index is 12.7. The molecule has 146 valence electrons. The van der Waals surface area contributed by atoms with Crippen molar-refractivity contribution in [3.05, 3.63) is 53.1 Å². The molecule has 2 aliphatic heterocycles. The molecule has 5 nitrogen and oxygen atoms in total. The van der Waals surface area contributed by atoms with Crippen LogP contribution in [0.1, 0.15) is 54.1 Å². The lowest BCUT2D eigenvalue weighted by Crippen LogP contribution is -2.39. The van der Waals surface area contributed by atoms with Gasteiger partial charge in [0.1, 0.15) is 5.75 Å². The summed E-state index contributed by atoms with van der Waals surface area (Å²) in [5.74, 6) is 0.867. The molecule has 2 heterocycles. The van der Waals surface area contributed by atoms with Gasteiger partial charge in [0.2, 0.25) is 5.91 Å². The average molecular weight is 378 g/mol. The Balaban J connectivity index is 1.49. The standard InChI is InChI=1S/C23H26N2O3/c1-2-3-13-28-20-9-6-16(7-10-20)23(27)24-19-14-17-5-4-12-25-21(26)11-8-18(15-19)22(17)25/h6-7,9-10,14-15H,2-5,8,11-13H2,1H3,(H,24,27). The summed E-state index contributed by atoms with van der Waals surface area (Å²) in [5.41, 5.74) is 4.80. The van der Waals surface area contributed by atoms with E-state index in [1.165, 1.54) is 0 Å². The van der Waals surface area contributed by atoms with Crippen molar-refractivity contribution in [2.45, 2.75) is 45.4 Å². The van der Waals surface area contributed by atoms with E-state index in [9.17, 15) is 9.59 Å². The molecule has 2 aromatic carbocycles. The molecule has 0 saturated heterocycles. The van der Waals surface area contributed by atoms with Crippen molar-refractivity contribution in [1.82, 2.24) is 0 Å². The van der Waals surface area contributed by atoms with E-state index in [0.29, 0.717) is 18.6 Å². The second-order valence-corrected chi connectivity index (χ2v) is 7.47. The van der Waals surface area contributed by atoms with Gasteiger partial charge in [0, 0.05) is 24.2 Å². The molecule has 28 heavy (non-hydrogen) atoms. The number of nitrogens with one attached hydrogen (secondary N) is 1. The lowest BCUT2D eigenvalue weighted by Gasteiger charge is -2.35. The van der Waals surface area contributed by atoms with E-state index in [4.69, 9.17) is 4.74 Å². The minimum absolute atomic E-state index is 0.133. The number of anilines is 2. The van der Waals surface area contributed by atoms with Crippen molar-refractivity contribution >= 4 is 23.2 Å². The van der Waals surface area contributed by atoms with Gasteiger partial charge in [-0.3, -0.25) is 9.59 Å². The number of rotatable bonds is 6. The zero-order valence-electron chi connectivity index (χ0n) is 16.3. The van der Waals surface area contributed by atoms with Crippen LogP contribution in [0.2, 0.25) is 0 Å². The first-order valence-electron chi connectivity index (χ1n) is 10.2. The monoisotopic (exact) mass is 378 g/mol. The third-order valence-corrected chi connectivity index (χ3v) is 5.42. The van der Waals surface area contributed by atoms with Crippen LogP contribution in [-0.2, 0) is 17.6 Å². The number of hydrogen-bond acceptors (Lipinski definition) is 3. The molecule has 0 radical (unpaired) electrons. The second-order valence-electron chi connectivity index (χ2n) is 7.47. The Bertz CT molecular complexity index is 872. The molecule has 0 bridgehead atoms. The van der Waals surface area contributed by atoms with Gasteiger partial charge >= 0.3 is 0 Å². The quantitative estimate of drug-likeness (QED) is 0.761. The highest BCUT2D eigenvalue weighted by Gasteiger charge is 2.29. The lowest BCUT2D eigenvalue weighted by atomic mass is 9.91. The predicted octanol–water partition coefficient (Wildman–Crippen LogP) is 4.34. The Morgan fingerprint density at radius 3 is 2.61 bits per heavy atom. The van der Waals surface area contributed by atoms with E-state index >= 15 is 0 Å². The molecule has 0 spiro atoms. The van der Waals surface area contributed by atoms with Gasteiger partial charge in [0.15, 0.2) is 0 Å². The minimum atomic E-state index is -0.133. The van der Waals surface area contributed by atoms with Gasteiger partial charge in [-0.2, -0.15) is 0 Å². The van der Waals surface area contributed by atoms with Crippen LogP contribution in [0.15, 0.2) is 36.4 Å². The number of carbonyl (C=O) groups is 2. The number of nitrogens with zero attached hydrogens (tertiary/aromatic N) is 1. The fourth-order valence-corrected chi connectivity index (χ4v) is 3.97. The van der Waals surface area contributed by atoms with Crippen LogP contribution in [-0.4, -0.2) is 25.0 Å². The predicted molar refractivity (Wildman–Crippen MR) is 110 cm³/mol. The fraction of sp³-hybridized carbons (Fsp3) is 0.391. The molecule has 4 rings (SSSR count). The second kappa shape index (κ2) is 8.05. The van der Waals surface area contributed by atoms with Gasteiger partial charge in [-0.25, -0.2) is 0 Å². The van der Waals surface area contributed by atoms with E-state index in [2.05, 4.69) is 12.2 Å². The number of carbonyl (C=O) groups excluding carboxylic acids is 2. The average Bonchev–Trinajstić information content (AvgIpc) is 2.71. The third-order valence-electron chi connectivity index (χ3n) is 5.42.